The van der Waals surface area contributed by atoms with Crippen molar-refractivity contribution in [3.8, 4) is 0 Å². The predicted molar refractivity (Wildman–Crippen MR) is 133 cm³/mol. The zero-order valence-electron chi connectivity index (χ0n) is 17.9. The molecule has 1 atom stereocenters. The first kappa shape index (κ1) is 22.8. The molecule has 0 saturated heterocycles. The van der Waals surface area contributed by atoms with Gasteiger partial charge in [-0.25, -0.2) is 4.99 Å². The monoisotopic (exact) mass is 480 g/mol. The number of carbonyl (C=O) groups excluding carboxylic acids is 2. The third-order valence-electron chi connectivity index (χ3n) is 5.44. The maximum atomic E-state index is 13.2. The van der Waals surface area contributed by atoms with Crippen LogP contribution in [0, 0.1) is 0 Å². The molecule has 8 heteroatoms. The summed E-state index contributed by atoms with van der Waals surface area (Å²) in [6, 6.07) is 20.0. The molecule has 0 fully saturated rings. The van der Waals surface area contributed by atoms with Crippen molar-refractivity contribution >= 4 is 52.1 Å². The van der Waals surface area contributed by atoms with Gasteiger partial charge < -0.3 is 16.0 Å². The van der Waals surface area contributed by atoms with Crippen LogP contribution in [0.15, 0.2) is 71.7 Å². The van der Waals surface area contributed by atoms with Crippen molar-refractivity contribution in [1.29, 1.82) is 0 Å². The molecule has 0 aliphatic carbocycles. The molecule has 0 spiro atoms. The molecule has 3 aromatic carbocycles. The van der Waals surface area contributed by atoms with Crippen LogP contribution in [0.3, 0.4) is 0 Å². The number of nitrogens with one attached hydrogen (secondary N) is 1. The summed E-state index contributed by atoms with van der Waals surface area (Å²) in [7, 11) is 1.66. The molecule has 0 radical (unpaired) electrons. The van der Waals surface area contributed by atoms with Crippen molar-refractivity contribution < 1.29 is 9.59 Å². The zero-order chi connectivity index (χ0) is 23.5. The van der Waals surface area contributed by atoms with Gasteiger partial charge in [0.2, 0.25) is 12.1 Å². The van der Waals surface area contributed by atoms with Gasteiger partial charge in [-0.1, -0.05) is 59.6 Å². The van der Waals surface area contributed by atoms with E-state index in [0.29, 0.717) is 33.6 Å². The van der Waals surface area contributed by atoms with Gasteiger partial charge in [0.05, 0.1) is 11.4 Å². The van der Waals surface area contributed by atoms with Gasteiger partial charge in [-0.15, -0.1) is 0 Å². The Kier molecular flexibility index (Phi) is 6.67. The van der Waals surface area contributed by atoms with E-state index in [1.54, 1.807) is 43.4 Å². The van der Waals surface area contributed by atoms with Gasteiger partial charge in [0.25, 0.3) is 5.91 Å². The first-order valence-electron chi connectivity index (χ1n) is 10.4. The van der Waals surface area contributed by atoms with Crippen LogP contribution in [0.25, 0.3) is 0 Å². The highest BCUT2D eigenvalue weighted by Gasteiger charge is 2.31. The highest BCUT2D eigenvalue weighted by Crippen LogP contribution is 2.29. The van der Waals surface area contributed by atoms with Crippen molar-refractivity contribution in [2.75, 3.05) is 17.7 Å². The molecule has 3 aromatic rings. The maximum absolute atomic E-state index is 13.2. The Morgan fingerprint density at radius 1 is 1.09 bits per heavy atom. The number of nitrogen functional groups attached to an aromatic ring is 1. The highest BCUT2D eigenvalue weighted by molar-refractivity contribution is 6.35. The number of anilines is 2. The number of likely N-dealkylation sites (N-methyl/N-ethyl adjacent to an activating group) is 1. The number of aryl methyl sites for hydroxylation is 1. The Morgan fingerprint density at radius 2 is 1.85 bits per heavy atom. The predicted octanol–water partition coefficient (Wildman–Crippen LogP) is 4.46. The lowest BCUT2D eigenvalue weighted by Crippen LogP contribution is -2.46. The molecule has 0 bridgehead atoms. The van der Waals surface area contributed by atoms with E-state index < -0.39 is 6.17 Å². The van der Waals surface area contributed by atoms with Crippen molar-refractivity contribution in [1.82, 2.24) is 5.32 Å². The third-order valence-corrected chi connectivity index (χ3v) is 6.03. The Balaban J connectivity index is 1.62. The van der Waals surface area contributed by atoms with E-state index in [2.05, 4.69) is 10.3 Å². The van der Waals surface area contributed by atoms with Gasteiger partial charge in [0, 0.05) is 40.3 Å². The average molecular weight is 481 g/mol. The van der Waals surface area contributed by atoms with E-state index in [1.165, 1.54) is 4.90 Å². The highest BCUT2D eigenvalue weighted by atomic mass is 35.5. The van der Waals surface area contributed by atoms with E-state index in [9.17, 15) is 9.59 Å². The minimum Gasteiger partial charge on any atom is -0.399 e. The van der Waals surface area contributed by atoms with E-state index in [-0.39, 0.29) is 18.2 Å². The van der Waals surface area contributed by atoms with Gasteiger partial charge in [-0.05, 0) is 42.3 Å². The third kappa shape index (κ3) is 5.02. The number of aliphatic imine (C=N–C) groups is 1. The lowest BCUT2D eigenvalue weighted by molar-refractivity contribution is -0.127. The number of halogens is 2. The van der Waals surface area contributed by atoms with E-state index in [1.807, 2.05) is 30.3 Å². The normalized spacial score (nSPS) is 15.5. The lowest BCUT2D eigenvalue weighted by atomic mass is 10.00. The number of benzodiazepines with no additional fused rings is 1. The van der Waals surface area contributed by atoms with Crippen LogP contribution in [0.5, 0.6) is 0 Å². The van der Waals surface area contributed by atoms with Crippen LogP contribution in [-0.4, -0.2) is 30.7 Å². The SMILES string of the molecule is CN1C(=O)[C@H](NC(=O)CCc2ccc(Cl)cc2Cl)N=C(c2ccccc2)c2cc(N)ccc21. The fraction of sp³-hybridized carbons (Fsp3) is 0.160. The van der Waals surface area contributed by atoms with Gasteiger partial charge in [0.15, 0.2) is 0 Å². The van der Waals surface area contributed by atoms with Crippen LogP contribution in [-0.2, 0) is 16.0 Å². The number of nitrogens with two attached hydrogens (primary N) is 1. The molecule has 0 unspecified atom stereocenters. The number of benzene rings is 3. The lowest BCUT2D eigenvalue weighted by Gasteiger charge is -2.21. The topological polar surface area (TPSA) is 87.8 Å². The van der Waals surface area contributed by atoms with Crippen LogP contribution in [0.1, 0.15) is 23.1 Å². The largest absolute Gasteiger partial charge is 0.399 e. The number of hydrogen-bond acceptors (Lipinski definition) is 4. The fourth-order valence-corrected chi connectivity index (χ4v) is 4.21. The molecular formula is C25H22Cl2N4O2. The number of amides is 2. The average Bonchev–Trinajstić information content (AvgIpc) is 2.89. The van der Waals surface area contributed by atoms with Gasteiger partial charge >= 0.3 is 0 Å². The molecule has 1 aliphatic rings. The molecule has 0 aromatic heterocycles. The summed E-state index contributed by atoms with van der Waals surface area (Å²) >= 11 is 12.1. The second kappa shape index (κ2) is 9.65. The molecule has 0 saturated carbocycles. The van der Waals surface area contributed by atoms with E-state index in [0.717, 1.165) is 16.7 Å². The summed E-state index contributed by atoms with van der Waals surface area (Å²) in [6.07, 6.45) is -0.526. The van der Waals surface area contributed by atoms with Crippen LogP contribution in [0.4, 0.5) is 11.4 Å². The van der Waals surface area contributed by atoms with Crippen LogP contribution >= 0.6 is 23.2 Å². The van der Waals surface area contributed by atoms with Crippen LogP contribution < -0.4 is 16.0 Å². The standard InChI is InChI=1S/C25H22Cl2N4O2/c1-31-21-11-10-18(28)14-19(21)23(16-5-3-2-4-6-16)30-24(25(31)33)29-22(32)12-8-15-7-9-17(26)13-20(15)27/h2-7,9-11,13-14,24H,8,12,28H2,1H3,(H,29,32)/t24-/m1/s1. The number of nitrogens with zero attached hydrogens (tertiary/aromatic N) is 2. The van der Waals surface area contributed by atoms with Crippen molar-refractivity contribution in [2.45, 2.75) is 19.0 Å². The molecule has 33 heavy (non-hydrogen) atoms. The van der Waals surface area contributed by atoms with Gasteiger partial charge in [0.1, 0.15) is 0 Å². The second-order valence-electron chi connectivity index (χ2n) is 7.72. The molecular weight excluding hydrogens is 459 g/mol. The van der Waals surface area contributed by atoms with E-state index >= 15 is 0 Å². The van der Waals surface area contributed by atoms with Crippen molar-refractivity contribution in [2.24, 2.45) is 4.99 Å². The quantitative estimate of drug-likeness (QED) is 0.528. The molecule has 3 N–H and O–H groups in total. The molecule has 1 heterocycles. The number of fused-ring (bicyclic) bond motifs is 1. The summed E-state index contributed by atoms with van der Waals surface area (Å²) in [5, 5.41) is 3.80. The van der Waals surface area contributed by atoms with E-state index in [4.69, 9.17) is 28.9 Å². The van der Waals surface area contributed by atoms with Crippen LogP contribution in [0.2, 0.25) is 10.0 Å². The van der Waals surface area contributed by atoms with Gasteiger partial charge in [-0.3, -0.25) is 9.59 Å². The molecule has 6 nitrogen and oxygen atoms in total. The van der Waals surface area contributed by atoms with Crippen molar-refractivity contribution in [3.05, 3.63) is 93.5 Å². The first-order chi connectivity index (χ1) is 15.8. The Bertz CT molecular complexity index is 1240. The zero-order valence-corrected chi connectivity index (χ0v) is 19.4. The Labute approximate surface area is 202 Å². The summed E-state index contributed by atoms with van der Waals surface area (Å²) in [4.78, 5) is 32.1. The summed E-state index contributed by atoms with van der Waals surface area (Å²) in [5.41, 5.74) is 10.2. The second-order valence-corrected chi connectivity index (χ2v) is 8.57. The minimum absolute atomic E-state index is 0.144. The molecule has 4 rings (SSSR count). The summed E-state index contributed by atoms with van der Waals surface area (Å²) < 4.78 is 0. The number of carbonyl (C=O) groups is 2. The molecule has 1 aliphatic heterocycles. The fourth-order valence-electron chi connectivity index (χ4n) is 3.71. The molecule has 2 amide bonds. The van der Waals surface area contributed by atoms with Crippen molar-refractivity contribution in [3.63, 3.8) is 0 Å². The summed E-state index contributed by atoms with van der Waals surface area (Å²) in [6.45, 7) is 0. The maximum Gasteiger partial charge on any atom is 0.272 e. The Morgan fingerprint density at radius 3 is 2.58 bits per heavy atom. The first-order valence-corrected chi connectivity index (χ1v) is 11.1. The minimum atomic E-state index is -1.08. The smallest absolute Gasteiger partial charge is 0.272 e. The Hall–Kier alpha value is -3.35. The molecule has 168 valence electrons. The van der Waals surface area contributed by atoms with Gasteiger partial charge in [-0.2, -0.15) is 0 Å². The number of hydrogen-bond donors (Lipinski definition) is 2. The summed E-state index contributed by atoms with van der Waals surface area (Å²) in [5.74, 6) is -0.653. The number of rotatable bonds is 5.